The van der Waals surface area contributed by atoms with Crippen LogP contribution in [0.15, 0.2) is 0 Å². The van der Waals surface area contributed by atoms with E-state index in [0.29, 0.717) is 6.61 Å². The molecule has 0 aliphatic rings. The molecule has 0 fully saturated rings. The Hall–Kier alpha value is -0.120. The minimum atomic E-state index is -0.492. The maximum Gasteiger partial charge on any atom is 0.0770 e. The van der Waals surface area contributed by atoms with Crippen LogP contribution in [0, 0.1) is 5.92 Å². The lowest BCUT2D eigenvalue weighted by molar-refractivity contribution is 0.0860. The van der Waals surface area contributed by atoms with Crippen LogP contribution in [0.1, 0.15) is 252 Å². The van der Waals surface area contributed by atoms with Crippen molar-refractivity contribution < 1.29 is 15.3 Å². The van der Waals surface area contributed by atoms with Crippen molar-refractivity contribution in [1.29, 1.82) is 0 Å². The largest absolute Gasteiger partial charge is 0.396 e. The molecule has 2 unspecified atom stereocenters. The van der Waals surface area contributed by atoms with E-state index in [4.69, 9.17) is 15.3 Å². The molecule has 0 aromatic heterocycles. The van der Waals surface area contributed by atoms with Gasteiger partial charge in [-0.15, -0.1) is 0 Å². The fourth-order valence-electron chi connectivity index (χ4n) is 6.48. The molecule has 0 aromatic rings. The van der Waals surface area contributed by atoms with Gasteiger partial charge in [-0.1, -0.05) is 239 Å². The minimum Gasteiger partial charge on any atom is -0.396 e. The van der Waals surface area contributed by atoms with Crippen LogP contribution in [-0.4, -0.2) is 34.6 Å². The molecule has 0 aliphatic carbocycles. The van der Waals surface area contributed by atoms with Crippen LogP contribution in [0.5, 0.6) is 0 Å². The van der Waals surface area contributed by atoms with Gasteiger partial charge in [0.25, 0.3) is 0 Å². The predicted molar refractivity (Wildman–Crippen MR) is 207 cm³/mol. The third-order valence-electron chi connectivity index (χ3n) is 10.2. The molecule has 0 heterocycles. The van der Waals surface area contributed by atoms with Gasteiger partial charge >= 0.3 is 0 Å². The summed E-state index contributed by atoms with van der Waals surface area (Å²) >= 11 is 0. The average Bonchev–Trinajstić information content (AvgIpc) is 3.07. The third kappa shape index (κ3) is 46.0. The van der Waals surface area contributed by atoms with E-state index in [9.17, 15) is 0 Å². The molecule has 0 amide bonds. The van der Waals surface area contributed by atoms with Gasteiger partial charge in [0.2, 0.25) is 0 Å². The Morgan fingerprint density at radius 1 is 0.348 bits per heavy atom. The van der Waals surface area contributed by atoms with Crippen molar-refractivity contribution in [2.24, 2.45) is 5.92 Å². The molecule has 280 valence electrons. The second kappa shape index (κ2) is 44.9. The quantitative estimate of drug-likeness (QED) is 0.0581. The standard InChI is InChI=1S/C27H56O.C16H34O2/c1-3-27(2)25-23-21-19-17-15-13-11-9-7-5-4-6-8-10-12-14-16-18-20-22-24-26-28;1-2-3-4-5-6-7-8-9-10-11-12-13-14-16(18)15-17/h27-28H,3-26H2,1-2H3;16-18H,2-15H2,1H3. The number of aliphatic hydroxyl groups excluding tert-OH is 3. The molecule has 0 radical (unpaired) electrons. The summed E-state index contributed by atoms with van der Waals surface area (Å²) in [6.07, 6.45) is 48.9. The molecular weight excluding hydrogens is 564 g/mol. The van der Waals surface area contributed by atoms with Gasteiger partial charge in [0.05, 0.1) is 12.7 Å². The van der Waals surface area contributed by atoms with Crippen LogP contribution < -0.4 is 0 Å². The summed E-state index contributed by atoms with van der Waals surface area (Å²) in [5.74, 6) is 0.943. The van der Waals surface area contributed by atoms with Gasteiger partial charge < -0.3 is 15.3 Å². The molecule has 46 heavy (non-hydrogen) atoms. The lowest BCUT2D eigenvalue weighted by Gasteiger charge is -2.07. The summed E-state index contributed by atoms with van der Waals surface area (Å²) in [6.45, 7) is 7.26. The molecule has 3 N–H and O–H groups in total. The van der Waals surface area contributed by atoms with Crippen LogP contribution in [0.3, 0.4) is 0 Å². The molecule has 3 nitrogen and oxygen atoms in total. The van der Waals surface area contributed by atoms with Crippen molar-refractivity contribution in [1.82, 2.24) is 0 Å². The first kappa shape index (κ1) is 48.0. The molecule has 2 atom stereocenters. The normalized spacial score (nSPS) is 12.7. The maximum absolute atomic E-state index is 9.17. The zero-order chi connectivity index (χ0) is 34.0. The highest BCUT2D eigenvalue weighted by atomic mass is 16.3. The molecule has 0 saturated heterocycles. The zero-order valence-corrected chi connectivity index (χ0v) is 32.4. The smallest absolute Gasteiger partial charge is 0.0770 e. The van der Waals surface area contributed by atoms with Crippen molar-refractivity contribution in [2.75, 3.05) is 13.2 Å². The molecule has 0 aliphatic heterocycles. The van der Waals surface area contributed by atoms with Crippen LogP contribution in [-0.2, 0) is 0 Å². The summed E-state index contributed by atoms with van der Waals surface area (Å²) in [4.78, 5) is 0. The van der Waals surface area contributed by atoms with E-state index in [0.717, 1.165) is 25.2 Å². The molecule has 0 bridgehead atoms. The summed E-state index contributed by atoms with van der Waals surface area (Å²) in [6, 6.07) is 0. The highest BCUT2D eigenvalue weighted by Gasteiger charge is 2.01. The van der Waals surface area contributed by atoms with E-state index < -0.39 is 6.10 Å². The van der Waals surface area contributed by atoms with Gasteiger partial charge in [0, 0.05) is 6.61 Å². The number of unbranched alkanes of at least 4 members (excludes halogenated alkanes) is 31. The number of hydrogen-bond acceptors (Lipinski definition) is 3. The van der Waals surface area contributed by atoms with Crippen LogP contribution in [0.25, 0.3) is 0 Å². The summed E-state index contributed by atoms with van der Waals surface area (Å²) < 4.78 is 0. The van der Waals surface area contributed by atoms with Crippen molar-refractivity contribution in [2.45, 2.75) is 258 Å². The second-order valence-electron chi connectivity index (χ2n) is 15.0. The van der Waals surface area contributed by atoms with E-state index >= 15 is 0 Å². The minimum absolute atomic E-state index is 0.0853. The van der Waals surface area contributed by atoms with Crippen molar-refractivity contribution in [3.8, 4) is 0 Å². The Morgan fingerprint density at radius 2 is 0.609 bits per heavy atom. The fraction of sp³-hybridized carbons (Fsp3) is 1.00. The summed E-state index contributed by atoms with van der Waals surface area (Å²) in [7, 11) is 0. The Labute approximate surface area is 291 Å². The molecule has 0 saturated carbocycles. The van der Waals surface area contributed by atoms with Crippen molar-refractivity contribution >= 4 is 0 Å². The Kier molecular flexibility index (Phi) is 46.8. The van der Waals surface area contributed by atoms with Gasteiger partial charge in [-0.2, -0.15) is 0 Å². The zero-order valence-electron chi connectivity index (χ0n) is 32.4. The molecule has 0 aromatic carbocycles. The van der Waals surface area contributed by atoms with E-state index in [1.807, 2.05) is 0 Å². The van der Waals surface area contributed by atoms with E-state index in [1.54, 1.807) is 0 Å². The Morgan fingerprint density at radius 3 is 0.870 bits per heavy atom. The number of hydrogen-bond donors (Lipinski definition) is 3. The number of rotatable bonds is 38. The highest BCUT2D eigenvalue weighted by molar-refractivity contribution is 4.55. The molecule has 3 heteroatoms. The first-order valence-electron chi connectivity index (χ1n) is 21.5. The van der Waals surface area contributed by atoms with Crippen LogP contribution in [0.2, 0.25) is 0 Å². The summed E-state index contributed by atoms with van der Waals surface area (Å²) in [5.41, 5.74) is 0. The SMILES string of the molecule is CCC(C)CCCCCCCCCCCCCCCCCCCCCCCO.CCCCCCCCCCCCCCC(O)CO. The van der Waals surface area contributed by atoms with E-state index in [1.165, 1.54) is 212 Å². The fourth-order valence-corrected chi connectivity index (χ4v) is 6.48. The second-order valence-corrected chi connectivity index (χ2v) is 15.0. The van der Waals surface area contributed by atoms with Gasteiger partial charge in [-0.25, -0.2) is 0 Å². The molecular formula is C43H90O3. The molecule has 0 spiro atoms. The van der Waals surface area contributed by atoms with Crippen molar-refractivity contribution in [3.63, 3.8) is 0 Å². The Balaban J connectivity index is 0. The van der Waals surface area contributed by atoms with Gasteiger partial charge in [-0.05, 0) is 18.8 Å². The van der Waals surface area contributed by atoms with Gasteiger partial charge in [0.15, 0.2) is 0 Å². The van der Waals surface area contributed by atoms with E-state index in [-0.39, 0.29) is 6.61 Å². The topological polar surface area (TPSA) is 60.7 Å². The first-order valence-corrected chi connectivity index (χ1v) is 21.5. The predicted octanol–water partition coefficient (Wildman–Crippen LogP) is 14.0. The van der Waals surface area contributed by atoms with Crippen LogP contribution >= 0.6 is 0 Å². The Bertz CT molecular complexity index is 496. The molecule has 0 rings (SSSR count). The lowest BCUT2D eigenvalue weighted by atomic mass is 9.99. The third-order valence-corrected chi connectivity index (χ3v) is 10.2. The number of aliphatic hydroxyl groups is 3. The summed E-state index contributed by atoms with van der Waals surface area (Å²) in [5, 5.41) is 26.6. The van der Waals surface area contributed by atoms with Crippen LogP contribution in [0.4, 0.5) is 0 Å². The maximum atomic E-state index is 9.17. The van der Waals surface area contributed by atoms with Gasteiger partial charge in [-0.3, -0.25) is 0 Å². The lowest BCUT2D eigenvalue weighted by Crippen LogP contribution is -2.10. The van der Waals surface area contributed by atoms with E-state index in [2.05, 4.69) is 20.8 Å². The van der Waals surface area contributed by atoms with Crippen molar-refractivity contribution in [3.05, 3.63) is 0 Å². The monoisotopic (exact) mass is 655 g/mol. The van der Waals surface area contributed by atoms with Gasteiger partial charge in [0.1, 0.15) is 0 Å². The highest BCUT2D eigenvalue weighted by Crippen LogP contribution is 2.17. The first-order chi connectivity index (χ1) is 22.6. The average molecular weight is 655 g/mol.